The normalized spacial score (nSPS) is 10.9. The zero-order chi connectivity index (χ0) is 13.0. The molecule has 1 amide bonds. The van der Waals surface area contributed by atoms with Crippen molar-refractivity contribution >= 4 is 5.91 Å². The number of aryl methyl sites for hydroxylation is 2. The zero-order valence-corrected chi connectivity index (χ0v) is 11.1. The lowest BCUT2D eigenvalue weighted by atomic mass is 10.2. The van der Waals surface area contributed by atoms with E-state index in [0.29, 0.717) is 19.5 Å². The Kier molecular flexibility index (Phi) is 4.69. The number of hydrogen-bond acceptors (Lipinski definition) is 3. The average Bonchev–Trinajstić information content (AvgIpc) is 2.49. The van der Waals surface area contributed by atoms with E-state index in [0.717, 1.165) is 17.0 Å². The molecule has 0 bridgehead atoms. The molecule has 17 heavy (non-hydrogen) atoms. The van der Waals surface area contributed by atoms with Crippen LogP contribution >= 0.6 is 0 Å². The van der Waals surface area contributed by atoms with E-state index in [1.807, 2.05) is 32.4 Å². The zero-order valence-electron chi connectivity index (χ0n) is 11.1. The third-order valence-corrected chi connectivity index (χ3v) is 2.74. The van der Waals surface area contributed by atoms with Gasteiger partial charge >= 0.3 is 0 Å². The van der Waals surface area contributed by atoms with Gasteiger partial charge in [-0.1, -0.05) is 0 Å². The van der Waals surface area contributed by atoms with Gasteiger partial charge in [-0.05, 0) is 27.7 Å². The van der Waals surface area contributed by atoms with Crippen LogP contribution in [0.25, 0.3) is 0 Å². The third kappa shape index (κ3) is 3.56. The van der Waals surface area contributed by atoms with Crippen molar-refractivity contribution in [1.82, 2.24) is 15.1 Å². The largest absolute Gasteiger partial charge is 0.354 e. The van der Waals surface area contributed by atoms with Crippen molar-refractivity contribution in [1.29, 1.82) is 0 Å². The molecular formula is C12H22N4O. The Balaban J connectivity index is 2.61. The van der Waals surface area contributed by atoms with Crippen LogP contribution in [0.5, 0.6) is 0 Å². The summed E-state index contributed by atoms with van der Waals surface area (Å²) in [5.74, 6) is 0.0573. The Bertz CT molecular complexity index is 395. The van der Waals surface area contributed by atoms with Gasteiger partial charge in [0.15, 0.2) is 0 Å². The summed E-state index contributed by atoms with van der Waals surface area (Å²) in [7, 11) is 0. The second kappa shape index (κ2) is 5.82. The number of carbonyl (C=O) groups is 1. The van der Waals surface area contributed by atoms with Crippen LogP contribution in [-0.4, -0.2) is 21.7 Å². The van der Waals surface area contributed by atoms with Crippen LogP contribution in [0.2, 0.25) is 0 Å². The molecule has 0 saturated heterocycles. The first-order valence-electron chi connectivity index (χ1n) is 5.98. The van der Waals surface area contributed by atoms with Gasteiger partial charge in [-0.15, -0.1) is 0 Å². The molecule has 1 aromatic rings. The summed E-state index contributed by atoms with van der Waals surface area (Å²) >= 11 is 0. The van der Waals surface area contributed by atoms with Crippen LogP contribution < -0.4 is 11.1 Å². The first-order chi connectivity index (χ1) is 7.95. The Morgan fingerprint density at radius 2 is 2.12 bits per heavy atom. The van der Waals surface area contributed by atoms with E-state index in [4.69, 9.17) is 5.73 Å². The minimum Gasteiger partial charge on any atom is -0.354 e. The quantitative estimate of drug-likeness (QED) is 0.799. The van der Waals surface area contributed by atoms with Gasteiger partial charge in [0.1, 0.15) is 0 Å². The molecule has 0 saturated carbocycles. The van der Waals surface area contributed by atoms with Crippen molar-refractivity contribution in [3.63, 3.8) is 0 Å². The Morgan fingerprint density at radius 3 is 2.59 bits per heavy atom. The fraction of sp³-hybridized carbons (Fsp3) is 0.667. The molecule has 5 nitrogen and oxygen atoms in total. The highest BCUT2D eigenvalue weighted by Gasteiger charge is 2.11. The highest BCUT2D eigenvalue weighted by atomic mass is 16.1. The molecule has 1 heterocycles. The molecule has 0 aromatic carbocycles. The minimum absolute atomic E-state index is 0.0573. The highest BCUT2D eigenvalue weighted by molar-refractivity contribution is 5.76. The van der Waals surface area contributed by atoms with Crippen molar-refractivity contribution in [2.45, 2.75) is 53.2 Å². The number of aromatic nitrogens is 2. The molecule has 1 rings (SSSR count). The number of amides is 1. The van der Waals surface area contributed by atoms with Crippen LogP contribution in [0, 0.1) is 13.8 Å². The summed E-state index contributed by atoms with van der Waals surface area (Å²) in [6, 6.07) is 0.183. The number of nitrogens with two attached hydrogens (primary N) is 1. The van der Waals surface area contributed by atoms with Gasteiger partial charge in [-0.3, -0.25) is 9.48 Å². The molecule has 0 fully saturated rings. The van der Waals surface area contributed by atoms with Crippen molar-refractivity contribution < 1.29 is 4.79 Å². The summed E-state index contributed by atoms with van der Waals surface area (Å²) in [6.07, 6.45) is 0.449. The molecule has 96 valence electrons. The first-order valence-corrected chi connectivity index (χ1v) is 5.98. The van der Waals surface area contributed by atoms with Gasteiger partial charge in [0.05, 0.1) is 5.69 Å². The predicted octanol–water partition coefficient (Wildman–Crippen LogP) is 0.873. The molecule has 0 spiro atoms. The van der Waals surface area contributed by atoms with E-state index in [1.54, 1.807) is 0 Å². The summed E-state index contributed by atoms with van der Waals surface area (Å²) in [5.41, 5.74) is 8.74. The van der Waals surface area contributed by atoms with Crippen LogP contribution in [0.4, 0.5) is 0 Å². The van der Waals surface area contributed by atoms with Crippen molar-refractivity contribution in [2.24, 2.45) is 5.73 Å². The maximum Gasteiger partial charge on any atom is 0.222 e. The van der Waals surface area contributed by atoms with Crippen LogP contribution in [0.3, 0.4) is 0 Å². The van der Waals surface area contributed by atoms with Crippen LogP contribution in [0.15, 0.2) is 0 Å². The maximum absolute atomic E-state index is 11.5. The second-order valence-electron chi connectivity index (χ2n) is 4.55. The second-order valence-corrected chi connectivity index (χ2v) is 4.55. The summed E-state index contributed by atoms with van der Waals surface area (Å²) in [4.78, 5) is 11.5. The van der Waals surface area contributed by atoms with E-state index in [9.17, 15) is 4.79 Å². The summed E-state index contributed by atoms with van der Waals surface area (Å²) in [6.45, 7) is 8.94. The van der Waals surface area contributed by atoms with Crippen molar-refractivity contribution in [3.05, 3.63) is 17.0 Å². The number of nitrogens with one attached hydrogen (secondary N) is 1. The lowest BCUT2D eigenvalue weighted by Crippen LogP contribution is -2.30. The molecule has 0 atom stereocenters. The standard InChI is InChI=1S/C12H22N4O/c1-8(2)14-12(17)5-6-16-10(4)11(7-13)9(3)15-16/h8H,5-7,13H2,1-4H3,(H,14,17). The van der Waals surface area contributed by atoms with Gasteiger partial charge in [-0.25, -0.2) is 0 Å². The molecular weight excluding hydrogens is 216 g/mol. The molecule has 0 aliphatic heterocycles. The topological polar surface area (TPSA) is 72.9 Å². The number of carbonyl (C=O) groups excluding carboxylic acids is 1. The molecule has 1 aromatic heterocycles. The number of hydrogen-bond donors (Lipinski definition) is 2. The molecule has 0 aliphatic rings. The summed E-state index contributed by atoms with van der Waals surface area (Å²) < 4.78 is 1.86. The molecule has 5 heteroatoms. The van der Waals surface area contributed by atoms with E-state index in [2.05, 4.69) is 10.4 Å². The van der Waals surface area contributed by atoms with E-state index in [1.165, 1.54) is 0 Å². The smallest absolute Gasteiger partial charge is 0.222 e. The van der Waals surface area contributed by atoms with Gasteiger partial charge in [-0.2, -0.15) is 5.10 Å². The Hall–Kier alpha value is -1.36. The van der Waals surface area contributed by atoms with Gasteiger partial charge in [0, 0.05) is 36.8 Å². The molecule has 0 radical (unpaired) electrons. The third-order valence-electron chi connectivity index (χ3n) is 2.74. The summed E-state index contributed by atoms with van der Waals surface area (Å²) in [5, 5.41) is 7.25. The molecule has 3 N–H and O–H groups in total. The average molecular weight is 238 g/mol. The number of nitrogens with zero attached hydrogens (tertiary/aromatic N) is 2. The Labute approximate surface area is 102 Å². The fourth-order valence-corrected chi connectivity index (χ4v) is 1.85. The van der Waals surface area contributed by atoms with Gasteiger partial charge < -0.3 is 11.1 Å². The van der Waals surface area contributed by atoms with Crippen molar-refractivity contribution in [2.75, 3.05) is 0 Å². The SMILES string of the molecule is Cc1nn(CCC(=O)NC(C)C)c(C)c1CN. The molecule has 0 unspecified atom stereocenters. The highest BCUT2D eigenvalue weighted by Crippen LogP contribution is 2.12. The van der Waals surface area contributed by atoms with E-state index in [-0.39, 0.29) is 11.9 Å². The Morgan fingerprint density at radius 1 is 1.47 bits per heavy atom. The van der Waals surface area contributed by atoms with E-state index < -0.39 is 0 Å². The first kappa shape index (κ1) is 13.7. The monoisotopic (exact) mass is 238 g/mol. The molecule has 0 aliphatic carbocycles. The van der Waals surface area contributed by atoms with Crippen molar-refractivity contribution in [3.8, 4) is 0 Å². The van der Waals surface area contributed by atoms with Gasteiger partial charge in [0.2, 0.25) is 5.91 Å². The number of rotatable bonds is 5. The van der Waals surface area contributed by atoms with Crippen LogP contribution in [-0.2, 0) is 17.9 Å². The lowest BCUT2D eigenvalue weighted by Gasteiger charge is -2.09. The minimum atomic E-state index is 0.0573. The van der Waals surface area contributed by atoms with Gasteiger partial charge in [0.25, 0.3) is 0 Å². The lowest BCUT2D eigenvalue weighted by molar-refractivity contribution is -0.121. The van der Waals surface area contributed by atoms with E-state index >= 15 is 0 Å². The fourth-order valence-electron chi connectivity index (χ4n) is 1.85. The maximum atomic E-state index is 11.5. The predicted molar refractivity (Wildman–Crippen MR) is 67.5 cm³/mol. The van der Waals surface area contributed by atoms with Crippen LogP contribution in [0.1, 0.15) is 37.2 Å².